The van der Waals surface area contributed by atoms with Crippen molar-refractivity contribution in [3.63, 3.8) is 0 Å². The van der Waals surface area contributed by atoms with E-state index in [2.05, 4.69) is 14.7 Å². The van der Waals surface area contributed by atoms with Crippen molar-refractivity contribution in [3.8, 4) is 5.88 Å². The second kappa shape index (κ2) is 2.26. The standard InChI is InChI=1S/C5H6N2O/c1-8-5-4-6-2-3-7-5/h2-4H,1H3/i1D3. The van der Waals surface area contributed by atoms with Crippen LogP contribution in [0.4, 0.5) is 0 Å². The summed E-state index contributed by atoms with van der Waals surface area (Å²) in [6.45, 7) is 0. The lowest BCUT2D eigenvalue weighted by atomic mass is 10.7. The molecule has 0 atom stereocenters. The minimum absolute atomic E-state index is 0.00694. The fourth-order valence-corrected chi connectivity index (χ4v) is 0.338. The first-order valence-electron chi connectivity index (χ1n) is 3.53. The SMILES string of the molecule is [2H]C([2H])([2H])Oc1cnccn1. The second-order valence-corrected chi connectivity index (χ2v) is 1.15. The summed E-state index contributed by atoms with van der Waals surface area (Å²) in [4.78, 5) is 7.25. The van der Waals surface area contributed by atoms with E-state index in [1.165, 1.54) is 18.6 Å². The van der Waals surface area contributed by atoms with Crippen LogP contribution in [0.2, 0.25) is 0 Å². The highest BCUT2D eigenvalue weighted by molar-refractivity contribution is 5.00. The van der Waals surface area contributed by atoms with Gasteiger partial charge in [-0.1, -0.05) is 0 Å². The minimum Gasteiger partial charge on any atom is -0.480 e. The summed E-state index contributed by atoms with van der Waals surface area (Å²) in [7, 11) is -2.45. The molecule has 8 heavy (non-hydrogen) atoms. The van der Waals surface area contributed by atoms with Crippen LogP contribution in [0.25, 0.3) is 0 Å². The van der Waals surface area contributed by atoms with E-state index in [1.54, 1.807) is 0 Å². The lowest BCUT2D eigenvalue weighted by Crippen LogP contribution is -1.85. The first kappa shape index (κ1) is 2.44. The van der Waals surface area contributed by atoms with Gasteiger partial charge in [-0.05, 0) is 0 Å². The second-order valence-electron chi connectivity index (χ2n) is 1.15. The molecule has 0 unspecified atom stereocenters. The van der Waals surface area contributed by atoms with Gasteiger partial charge in [-0.3, -0.25) is 4.98 Å². The Morgan fingerprint density at radius 2 is 2.75 bits per heavy atom. The third kappa shape index (κ3) is 0.932. The summed E-state index contributed by atoms with van der Waals surface area (Å²) in [6, 6.07) is 0. The van der Waals surface area contributed by atoms with Gasteiger partial charge in [-0.15, -0.1) is 0 Å². The number of nitrogens with zero attached hydrogens (tertiary/aromatic N) is 2. The molecule has 0 aromatic carbocycles. The molecule has 0 aliphatic heterocycles. The molecule has 1 heterocycles. The molecule has 0 spiro atoms. The average molecular weight is 113 g/mol. The summed E-state index contributed by atoms with van der Waals surface area (Å²) in [6.07, 6.45) is 4.04. The van der Waals surface area contributed by atoms with Gasteiger partial charge < -0.3 is 4.74 Å². The van der Waals surface area contributed by atoms with Crippen molar-refractivity contribution in [2.45, 2.75) is 0 Å². The zero-order valence-corrected chi connectivity index (χ0v) is 4.03. The predicted octanol–water partition coefficient (Wildman–Crippen LogP) is 0.485. The van der Waals surface area contributed by atoms with Gasteiger partial charge in [0.15, 0.2) is 0 Å². The first-order chi connectivity index (χ1) is 5.08. The van der Waals surface area contributed by atoms with Crippen molar-refractivity contribution in [1.82, 2.24) is 9.97 Å². The summed E-state index contributed by atoms with van der Waals surface area (Å²) in [5, 5.41) is 0. The molecule has 1 aromatic rings. The average Bonchev–Trinajstić information content (AvgIpc) is 1.85. The fraction of sp³-hybridized carbons (Fsp3) is 0.200. The van der Waals surface area contributed by atoms with E-state index < -0.39 is 7.04 Å². The van der Waals surface area contributed by atoms with Crippen molar-refractivity contribution in [1.29, 1.82) is 0 Å². The Hall–Kier alpha value is -1.12. The molecular weight excluding hydrogens is 104 g/mol. The van der Waals surface area contributed by atoms with Crippen LogP contribution in [0.1, 0.15) is 4.11 Å². The molecule has 0 saturated heterocycles. The molecule has 0 aliphatic carbocycles. The van der Waals surface area contributed by atoms with Gasteiger partial charge in [0.25, 0.3) is 0 Å². The summed E-state index contributed by atoms with van der Waals surface area (Å²) < 4.78 is 24.6. The van der Waals surface area contributed by atoms with E-state index in [0.29, 0.717) is 0 Å². The van der Waals surface area contributed by atoms with Crippen molar-refractivity contribution in [2.75, 3.05) is 7.04 Å². The van der Waals surface area contributed by atoms with Gasteiger partial charge in [-0.2, -0.15) is 0 Å². The highest BCUT2D eigenvalue weighted by Gasteiger charge is 1.83. The number of ether oxygens (including phenoxy) is 1. The van der Waals surface area contributed by atoms with Crippen molar-refractivity contribution >= 4 is 0 Å². The van der Waals surface area contributed by atoms with Gasteiger partial charge in [0.1, 0.15) is 0 Å². The van der Waals surface area contributed by atoms with Gasteiger partial charge in [0.2, 0.25) is 5.88 Å². The quantitative estimate of drug-likeness (QED) is 0.531. The molecule has 0 radical (unpaired) electrons. The largest absolute Gasteiger partial charge is 0.480 e. The van der Waals surface area contributed by atoms with Gasteiger partial charge in [0.05, 0.1) is 17.3 Å². The Balaban J connectivity index is 2.66. The van der Waals surface area contributed by atoms with Gasteiger partial charge >= 0.3 is 0 Å². The minimum atomic E-state index is -2.45. The molecular formula is C5H6N2O. The van der Waals surface area contributed by atoms with E-state index in [-0.39, 0.29) is 5.88 Å². The van der Waals surface area contributed by atoms with Crippen molar-refractivity contribution in [3.05, 3.63) is 18.6 Å². The highest BCUT2D eigenvalue weighted by Crippen LogP contribution is 1.96. The van der Waals surface area contributed by atoms with E-state index >= 15 is 0 Å². The Kier molecular flexibility index (Phi) is 0.687. The monoisotopic (exact) mass is 113 g/mol. The van der Waals surface area contributed by atoms with E-state index in [1.807, 2.05) is 0 Å². The van der Waals surface area contributed by atoms with Crippen molar-refractivity contribution in [2.24, 2.45) is 0 Å². The normalized spacial score (nSPS) is 15.8. The first-order valence-corrected chi connectivity index (χ1v) is 2.03. The van der Waals surface area contributed by atoms with Gasteiger partial charge in [0, 0.05) is 12.4 Å². The maximum absolute atomic E-state index is 6.71. The van der Waals surface area contributed by atoms with Crippen LogP contribution in [0.3, 0.4) is 0 Å². The maximum atomic E-state index is 6.71. The lowest BCUT2D eigenvalue weighted by Gasteiger charge is -1.91. The number of hydrogen-bond donors (Lipinski definition) is 0. The van der Waals surface area contributed by atoms with E-state index in [9.17, 15) is 0 Å². The molecule has 0 saturated carbocycles. The molecule has 0 amide bonds. The fourth-order valence-electron chi connectivity index (χ4n) is 0.338. The van der Waals surface area contributed by atoms with Crippen LogP contribution in [0, 0.1) is 0 Å². The number of methoxy groups -OCH3 is 1. The van der Waals surface area contributed by atoms with Crippen LogP contribution in [0.5, 0.6) is 5.88 Å². The van der Waals surface area contributed by atoms with Crippen LogP contribution in [-0.2, 0) is 0 Å². The third-order valence-electron chi connectivity index (χ3n) is 0.644. The maximum Gasteiger partial charge on any atom is 0.231 e. The molecule has 3 nitrogen and oxygen atoms in total. The topological polar surface area (TPSA) is 35.0 Å². The molecule has 1 aromatic heterocycles. The number of hydrogen-bond acceptors (Lipinski definition) is 3. The molecule has 0 fully saturated rings. The van der Waals surface area contributed by atoms with Gasteiger partial charge in [-0.25, -0.2) is 4.98 Å². The third-order valence-corrected chi connectivity index (χ3v) is 0.644. The molecule has 3 heteroatoms. The predicted molar refractivity (Wildman–Crippen MR) is 28.6 cm³/mol. The Labute approximate surface area is 51.6 Å². The van der Waals surface area contributed by atoms with E-state index in [4.69, 9.17) is 4.11 Å². The summed E-state index contributed by atoms with van der Waals surface area (Å²) >= 11 is 0. The number of aromatic nitrogens is 2. The summed E-state index contributed by atoms with van der Waals surface area (Å²) in [5.41, 5.74) is 0. The molecule has 0 bridgehead atoms. The van der Waals surface area contributed by atoms with E-state index in [0.717, 1.165) is 0 Å². The zero-order valence-electron chi connectivity index (χ0n) is 7.03. The van der Waals surface area contributed by atoms with Crippen LogP contribution in [-0.4, -0.2) is 17.0 Å². The highest BCUT2D eigenvalue weighted by atomic mass is 16.5. The van der Waals surface area contributed by atoms with Crippen LogP contribution in [0.15, 0.2) is 18.6 Å². The Bertz CT molecular complexity index is 223. The summed E-state index contributed by atoms with van der Waals surface area (Å²) in [5.74, 6) is 0.00694. The zero-order chi connectivity index (χ0) is 8.32. The Morgan fingerprint density at radius 3 is 3.38 bits per heavy atom. The molecule has 0 N–H and O–H groups in total. The molecule has 42 valence electrons. The van der Waals surface area contributed by atoms with Crippen LogP contribution >= 0.6 is 0 Å². The molecule has 0 aliphatic rings. The van der Waals surface area contributed by atoms with Crippen molar-refractivity contribution < 1.29 is 8.85 Å². The smallest absolute Gasteiger partial charge is 0.231 e. The van der Waals surface area contributed by atoms with Crippen LogP contribution < -0.4 is 4.74 Å². The lowest BCUT2D eigenvalue weighted by molar-refractivity contribution is 0.395. The number of rotatable bonds is 1. The Morgan fingerprint density at radius 1 is 1.75 bits per heavy atom. The molecule has 1 rings (SSSR count).